The molecule has 0 saturated carbocycles. The molecule has 0 bridgehead atoms. The number of rotatable bonds is 2. The summed E-state index contributed by atoms with van der Waals surface area (Å²) in [5.74, 6) is -2.79. The van der Waals surface area contributed by atoms with E-state index < -0.39 is 29.6 Å². The van der Waals surface area contributed by atoms with E-state index in [1.807, 2.05) is 13.8 Å². The van der Waals surface area contributed by atoms with Crippen LogP contribution in [0.5, 0.6) is 0 Å². The van der Waals surface area contributed by atoms with Gasteiger partial charge in [0.05, 0.1) is 12.1 Å². The van der Waals surface area contributed by atoms with Crippen molar-refractivity contribution in [3.8, 4) is 0 Å². The van der Waals surface area contributed by atoms with Crippen molar-refractivity contribution in [1.82, 2.24) is 15.1 Å². The number of nitrogens with one attached hydrogen (secondary N) is 1. The summed E-state index contributed by atoms with van der Waals surface area (Å²) in [6.07, 6.45) is 0. The molecule has 1 aromatic rings. The van der Waals surface area contributed by atoms with Gasteiger partial charge in [-0.05, 0) is 24.1 Å². The van der Waals surface area contributed by atoms with Gasteiger partial charge in [-0.25, -0.2) is 8.78 Å². The van der Waals surface area contributed by atoms with Gasteiger partial charge in [-0.1, -0.05) is 13.8 Å². The van der Waals surface area contributed by atoms with Crippen molar-refractivity contribution in [2.75, 3.05) is 19.6 Å². The Balaban J connectivity index is 1.79. The summed E-state index contributed by atoms with van der Waals surface area (Å²) in [6, 6.07) is 1.28. The van der Waals surface area contributed by atoms with E-state index in [4.69, 9.17) is 0 Å². The van der Waals surface area contributed by atoms with Crippen LogP contribution < -0.4 is 5.32 Å². The van der Waals surface area contributed by atoms with Gasteiger partial charge in [0.1, 0.15) is 23.7 Å². The number of benzene rings is 1. The fourth-order valence-corrected chi connectivity index (χ4v) is 3.23. The first-order valence-corrected chi connectivity index (χ1v) is 8.14. The standard InChI is InChI=1S/C17H19F2N3O3/c1-9(2)14-17(25)22-6-5-21(8-13(22)15(23)20-14)16(24)11-7-10(18)3-4-12(11)19/h3-4,7,9,13-14H,5-6,8H2,1-2H3,(H,20,23)/t13-,14-/m1/s1. The van der Waals surface area contributed by atoms with E-state index in [0.717, 1.165) is 18.2 Å². The van der Waals surface area contributed by atoms with Gasteiger partial charge in [0.15, 0.2) is 0 Å². The van der Waals surface area contributed by atoms with Gasteiger partial charge in [0.2, 0.25) is 11.8 Å². The first-order chi connectivity index (χ1) is 11.8. The molecular weight excluding hydrogens is 332 g/mol. The number of carbonyl (C=O) groups is 3. The monoisotopic (exact) mass is 351 g/mol. The van der Waals surface area contributed by atoms with Crippen molar-refractivity contribution >= 4 is 17.7 Å². The first-order valence-electron chi connectivity index (χ1n) is 8.14. The zero-order valence-corrected chi connectivity index (χ0v) is 14.0. The quantitative estimate of drug-likeness (QED) is 0.856. The minimum Gasteiger partial charge on any atom is -0.342 e. The molecule has 2 heterocycles. The molecule has 134 valence electrons. The van der Waals surface area contributed by atoms with Gasteiger partial charge < -0.3 is 15.1 Å². The molecule has 1 aromatic carbocycles. The summed E-state index contributed by atoms with van der Waals surface area (Å²) in [4.78, 5) is 40.1. The molecule has 2 atom stereocenters. The predicted molar refractivity (Wildman–Crippen MR) is 84.5 cm³/mol. The topological polar surface area (TPSA) is 69.7 Å². The van der Waals surface area contributed by atoms with Crippen molar-refractivity contribution in [3.05, 3.63) is 35.4 Å². The Hall–Kier alpha value is -2.51. The van der Waals surface area contributed by atoms with Crippen LogP contribution in [0, 0.1) is 17.6 Å². The highest BCUT2D eigenvalue weighted by molar-refractivity contribution is 5.99. The lowest BCUT2D eigenvalue weighted by molar-refractivity contribution is -0.153. The zero-order valence-electron chi connectivity index (χ0n) is 14.0. The molecule has 0 aromatic heterocycles. The molecule has 2 aliphatic rings. The number of piperazine rings is 2. The van der Waals surface area contributed by atoms with E-state index in [1.54, 1.807) is 0 Å². The Labute approximate surface area is 143 Å². The minimum absolute atomic E-state index is 0.0431. The van der Waals surface area contributed by atoms with Crippen LogP contribution in [-0.4, -0.2) is 59.2 Å². The van der Waals surface area contributed by atoms with Crippen molar-refractivity contribution in [2.24, 2.45) is 5.92 Å². The number of fused-ring (bicyclic) bond motifs is 1. The number of hydrogen-bond acceptors (Lipinski definition) is 3. The van der Waals surface area contributed by atoms with E-state index in [-0.39, 0.29) is 42.9 Å². The van der Waals surface area contributed by atoms with Crippen molar-refractivity contribution in [3.63, 3.8) is 0 Å². The van der Waals surface area contributed by atoms with E-state index in [0.29, 0.717) is 0 Å². The van der Waals surface area contributed by atoms with E-state index >= 15 is 0 Å². The van der Waals surface area contributed by atoms with Gasteiger partial charge >= 0.3 is 0 Å². The van der Waals surface area contributed by atoms with Crippen molar-refractivity contribution in [2.45, 2.75) is 25.9 Å². The van der Waals surface area contributed by atoms with Gasteiger partial charge in [-0.15, -0.1) is 0 Å². The second-order valence-electron chi connectivity index (χ2n) is 6.65. The van der Waals surface area contributed by atoms with E-state index in [2.05, 4.69) is 5.32 Å². The fraction of sp³-hybridized carbons (Fsp3) is 0.471. The highest BCUT2D eigenvalue weighted by Gasteiger charge is 2.45. The Bertz CT molecular complexity index is 738. The lowest BCUT2D eigenvalue weighted by atomic mass is 9.96. The van der Waals surface area contributed by atoms with E-state index in [9.17, 15) is 23.2 Å². The van der Waals surface area contributed by atoms with Gasteiger partial charge in [-0.3, -0.25) is 14.4 Å². The molecule has 6 nitrogen and oxygen atoms in total. The van der Waals surface area contributed by atoms with Crippen LogP contribution in [0.15, 0.2) is 18.2 Å². The summed E-state index contributed by atoms with van der Waals surface area (Å²) in [5, 5.41) is 2.68. The summed E-state index contributed by atoms with van der Waals surface area (Å²) < 4.78 is 27.1. The second-order valence-corrected chi connectivity index (χ2v) is 6.65. The summed E-state index contributed by atoms with van der Waals surface area (Å²) in [6.45, 7) is 3.99. The van der Waals surface area contributed by atoms with Crippen LogP contribution in [0.3, 0.4) is 0 Å². The molecular formula is C17H19F2N3O3. The zero-order chi connectivity index (χ0) is 18.3. The lowest BCUT2D eigenvalue weighted by Gasteiger charge is -2.46. The average molecular weight is 351 g/mol. The third kappa shape index (κ3) is 3.08. The fourth-order valence-electron chi connectivity index (χ4n) is 3.23. The molecule has 0 aliphatic carbocycles. The Morgan fingerprint density at radius 2 is 1.96 bits per heavy atom. The molecule has 0 radical (unpaired) electrons. The highest BCUT2D eigenvalue weighted by atomic mass is 19.1. The van der Waals surface area contributed by atoms with Gasteiger partial charge in [-0.2, -0.15) is 0 Å². The average Bonchev–Trinajstić information content (AvgIpc) is 2.59. The molecule has 1 N–H and O–H groups in total. The normalized spacial score (nSPS) is 23.6. The van der Waals surface area contributed by atoms with Crippen LogP contribution in [-0.2, 0) is 9.59 Å². The third-order valence-electron chi connectivity index (χ3n) is 4.64. The molecule has 0 unspecified atom stereocenters. The molecule has 25 heavy (non-hydrogen) atoms. The minimum atomic E-state index is -0.821. The molecule has 3 rings (SSSR count). The van der Waals surface area contributed by atoms with Crippen LogP contribution in [0.2, 0.25) is 0 Å². The lowest BCUT2D eigenvalue weighted by Crippen LogP contribution is -2.70. The number of carbonyl (C=O) groups excluding carboxylic acids is 3. The maximum atomic E-state index is 13.8. The molecule has 0 spiro atoms. The largest absolute Gasteiger partial charge is 0.342 e. The third-order valence-corrected chi connectivity index (χ3v) is 4.64. The van der Waals surface area contributed by atoms with Crippen LogP contribution in [0.4, 0.5) is 8.78 Å². The Morgan fingerprint density at radius 1 is 1.24 bits per heavy atom. The molecule has 2 saturated heterocycles. The molecule has 3 amide bonds. The number of halogens is 2. The summed E-state index contributed by atoms with van der Waals surface area (Å²) in [7, 11) is 0. The number of nitrogens with zero attached hydrogens (tertiary/aromatic N) is 2. The Kier molecular flexibility index (Phi) is 4.45. The number of hydrogen-bond donors (Lipinski definition) is 1. The first kappa shape index (κ1) is 17.3. The van der Waals surface area contributed by atoms with Crippen molar-refractivity contribution in [1.29, 1.82) is 0 Å². The van der Waals surface area contributed by atoms with Crippen LogP contribution in [0.1, 0.15) is 24.2 Å². The summed E-state index contributed by atoms with van der Waals surface area (Å²) in [5.41, 5.74) is -0.379. The van der Waals surface area contributed by atoms with Crippen LogP contribution >= 0.6 is 0 Å². The van der Waals surface area contributed by atoms with E-state index in [1.165, 1.54) is 9.80 Å². The Morgan fingerprint density at radius 3 is 2.64 bits per heavy atom. The smallest absolute Gasteiger partial charge is 0.257 e. The molecule has 2 fully saturated rings. The van der Waals surface area contributed by atoms with Gasteiger partial charge in [0.25, 0.3) is 5.91 Å². The number of amides is 3. The van der Waals surface area contributed by atoms with Crippen molar-refractivity contribution < 1.29 is 23.2 Å². The maximum Gasteiger partial charge on any atom is 0.257 e. The SMILES string of the molecule is CC(C)[C@H]1NC(=O)[C@H]2CN(C(=O)c3cc(F)ccc3F)CCN2C1=O. The highest BCUT2D eigenvalue weighted by Crippen LogP contribution is 2.21. The molecule has 8 heteroatoms. The van der Waals surface area contributed by atoms with Crippen LogP contribution in [0.25, 0.3) is 0 Å². The predicted octanol–water partition coefficient (Wildman–Crippen LogP) is 0.772. The second kappa shape index (κ2) is 6.42. The van der Waals surface area contributed by atoms with Gasteiger partial charge in [0, 0.05) is 13.1 Å². The maximum absolute atomic E-state index is 13.8. The molecule has 2 aliphatic heterocycles. The summed E-state index contributed by atoms with van der Waals surface area (Å²) >= 11 is 0.